The predicted octanol–water partition coefficient (Wildman–Crippen LogP) is 5.33. The van der Waals surface area contributed by atoms with E-state index < -0.39 is 6.04 Å². The van der Waals surface area contributed by atoms with Gasteiger partial charge in [0, 0.05) is 5.69 Å². The van der Waals surface area contributed by atoms with Crippen LogP contribution in [0, 0.1) is 11.3 Å². The molecule has 45 heavy (non-hydrogen) atoms. The number of nitrogens with zero attached hydrogens (tertiary/aromatic N) is 3. The molecular weight excluding hydrogens is 584 g/mol. The summed E-state index contributed by atoms with van der Waals surface area (Å²) in [7, 11) is 1.58. The summed E-state index contributed by atoms with van der Waals surface area (Å²) in [5.74, 6) is 0.924. The molecule has 1 aromatic heterocycles. The molecule has 5 aromatic rings. The Balaban J connectivity index is 1.37. The number of carbonyl (C=O) groups excluding carboxylic acids is 1. The largest absolute Gasteiger partial charge is 0.497 e. The highest BCUT2D eigenvalue weighted by atomic mass is 32.1. The maximum absolute atomic E-state index is 14.1. The maximum atomic E-state index is 14.1. The highest BCUT2D eigenvalue weighted by molar-refractivity contribution is 7.07. The first-order valence-corrected chi connectivity index (χ1v) is 15.0. The number of fused-ring (bicyclic) bond motifs is 1. The molecule has 8 nitrogen and oxygen atoms in total. The van der Waals surface area contributed by atoms with Crippen LogP contribution >= 0.6 is 11.3 Å². The van der Waals surface area contributed by atoms with Crippen molar-refractivity contribution in [2.75, 3.05) is 12.4 Å². The van der Waals surface area contributed by atoms with Gasteiger partial charge in [0.25, 0.3) is 11.5 Å². The number of hydrogen-bond acceptors (Lipinski definition) is 7. The number of nitriles is 1. The fourth-order valence-corrected chi connectivity index (χ4v) is 6.19. The van der Waals surface area contributed by atoms with Gasteiger partial charge in [-0.1, -0.05) is 65.9 Å². The Morgan fingerprint density at radius 3 is 2.51 bits per heavy atom. The Morgan fingerprint density at radius 1 is 1.00 bits per heavy atom. The van der Waals surface area contributed by atoms with Gasteiger partial charge >= 0.3 is 0 Å². The zero-order chi connectivity index (χ0) is 31.3. The summed E-state index contributed by atoms with van der Waals surface area (Å²) in [6.45, 7) is 2.13. The molecule has 0 radical (unpaired) electrons. The van der Waals surface area contributed by atoms with Crippen molar-refractivity contribution in [3.05, 3.63) is 156 Å². The van der Waals surface area contributed by atoms with Crippen molar-refractivity contribution in [3.8, 4) is 17.6 Å². The normalized spacial score (nSPS) is 14.2. The van der Waals surface area contributed by atoms with Crippen LogP contribution in [0.1, 0.15) is 35.2 Å². The van der Waals surface area contributed by atoms with E-state index in [0.29, 0.717) is 50.0 Å². The van der Waals surface area contributed by atoms with Gasteiger partial charge in [-0.2, -0.15) is 5.26 Å². The third kappa shape index (κ3) is 6.32. The zero-order valence-corrected chi connectivity index (χ0v) is 25.4. The van der Waals surface area contributed by atoms with E-state index >= 15 is 0 Å². The van der Waals surface area contributed by atoms with Crippen molar-refractivity contribution in [1.82, 2.24) is 4.57 Å². The summed E-state index contributed by atoms with van der Waals surface area (Å²) in [6, 6.07) is 32.7. The Hall–Kier alpha value is -5.72. The van der Waals surface area contributed by atoms with Gasteiger partial charge in [-0.05, 0) is 78.2 Å². The summed E-state index contributed by atoms with van der Waals surface area (Å²) in [5, 5.41) is 12.0. The number of methoxy groups -OCH3 is 1. The van der Waals surface area contributed by atoms with Crippen molar-refractivity contribution in [3.63, 3.8) is 0 Å². The molecule has 0 fully saturated rings. The van der Waals surface area contributed by atoms with Crippen LogP contribution in [0.5, 0.6) is 11.5 Å². The minimum absolute atomic E-state index is 0.256. The molecule has 0 unspecified atom stereocenters. The summed E-state index contributed by atoms with van der Waals surface area (Å²) >= 11 is 1.27. The van der Waals surface area contributed by atoms with Crippen LogP contribution in [-0.2, 0) is 11.4 Å². The van der Waals surface area contributed by atoms with Crippen molar-refractivity contribution >= 4 is 29.0 Å². The van der Waals surface area contributed by atoms with Crippen molar-refractivity contribution < 1.29 is 14.3 Å². The quantitative estimate of drug-likeness (QED) is 0.255. The van der Waals surface area contributed by atoms with Gasteiger partial charge < -0.3 is 14.8 Å². The second kappa shape index (κ2) is 12.9. The van der Waals surface area contributed by atoms with E-state index in [-0.39, 0.29) is 11.5 Å². The fraction of sp³-hybridized carbons (Fsp3) is 0.111. The monoisotopic (exact) mass is 612 g/mol. The number of para-hydroxylation sites is 1. The smallest absolute Gasteiger partial charge is 0.271 e. The molecule has 222 valence electrons. The van der Waals surface area contributed by atoms with E-state index in [0.717, 1.165) is 16.7 Å². The number of allylic oxidation sites excluding steroid dienone is 1. The summed E-state index contributed by atoms with van der Waals surface area (Å²) in [4.78, 5) is 33.1. The number of thiazole rings is 1. The van der Waals surface area contributed by atoms with E-state index in [9.17, 15) is 9.59 Å². The lowest BCUT2D eigenvalue weighted by atomic mass is 9.95. The number of nitrogens with one attached hydrogen (secondary N) is 1. The van der Waals surface area contributed by atoms with Crippen LogP contribution in [0.4, 0.5) is 5.69 Å². The maximum Gasteiger partial charge on any atom is 0.271 e. The van der Waals surface area contributed by atoms with Gasteiger partial charge in [-0.15, -0.1) is 0 Å². The lowest BCUT2D eigenvalue weighted by Crippen LogP contribution is -2.40. The van der Waals surface area contributed by atoms with Gasteiger partial charge in [0.05, 0.1) is 40.6 Å². The molecule has 1 aliphatic rings. The average Bonchev–Trinajstić information content (AvgIpc) is 3.37. The number of anilines is 1. The van der Waals surface area contributed by atoms with Gasteiger partial charge in [-0.25, -0.2) is 4.99 Å². The second-order valence-corrected chi connectivity index (χ2v) is 11.4. The van der Waals surface area contributed by atoms with Crippen molar-refractivity contribution in [1.29, 1.82) is 5.26 Å². The van der Waals surface area contributed by atoms with Crippen LogP contribution in [0.15, 0.2) is 124 Å². The molecule has 4 aromatic carbocycles. The Labute approximate surface area is 263 Å². The summed E-state index contributed by atoms with van der Waals surface area (Å²) < 4.78 is 13.5. The Bertz CT molecular complexity index is 2140. The highest BCUT2D eigenvalue weighted by Crippen LogP contribution is 2.32. The van der Waals surface area contributed by atoms with Crippen LogP contribution < -0.4 is 29.7 Å². The molecule has 0 aliphatic carbocycles. The molecule has 1 aliphatic heterocycles. The summed E-state index contributed by atoms with van der Waals surface area (Å²) in [6.07, 6.45) is 1.81. The third-order valence-corrected chi connectivity index (χ3v) is 8.33. The van der Waals surface area contributed by atoms with Crippen LogP contribution in [0.3, 0.4) is 0 Å². The number of hydrogen-bond donors (Lipinski definition) is 1. The molecule has 1 N–H and O–H groups in total. The first kappa shape index (κ1) is 29.4. The lowest BCUT2D eigenvalue weighted by Gasteiger charge is -2.25. The standard InChI is InChI=1S/C36H28N4O4S/c1-23-32(34(41)39-28-10-4-3-5-11-28)33(27-9-7-12-29(20-27)43-2)40-35(42)31(45-36(40)38-23)19-26-8-6-13-30(18-26)44-22-25-16-14-24(21-37)15-17-25/h3-20,33H,22H2,1-2H3,(H,39,41)/b31-19-/t33-/m0/s1. The molecule has 6 rings (SSSR count). The first-order valence-electron chi connectivity index (χ1n) is 14.2. The van der Waals surface area contributed by atoms with E-state index in [4.69, 9.17) is 19.7 Å². The number of rotatable bonds is 8. The highest BCUT2D eigenvalue weighted by Gasteiger charge is 2.32. The Morgan fingerprint density at radius 2 is 1.76 bits per heavy atom. The van der Waals surface area contributed by atoms with E-state index in [1.54, 1.807) is 30.7 Å². The van der Waals surface area contributed by atoms with Crippen LogP contribution in [0.2, 0.25) is 0 Å². The minimum Gasteiger partial charge on any atom is -0.497 e. The predicted molar refractivity (Wildman–Crippen MR) is 174 cm³/mol. The molecule has 1 amide bonds. The lowest BCUT2D eigenvalue weighted by molar-refractivity contribution is -0.113. The van der Waals surface area contributed by atoms with Gasteiger partial charge in [0.2, 0.25) is 0 Å². The molecule has 1 atom stereocenters. The third-order valence-electron chi connectivity index (χ3n) is 7.35. The average molecular weight is 613 g/mol. The van der Waals surface area contributed by atoms with Crippen LogP contribution in [-0.4, -0.2) is 17.6 Å². The SMILES string of the molecule is COc1cccc([C@H]2C(C(=O)Nc3ccccc3)=C(C)N=c3s/c(=C\c4cccc(OCc5ccc(C#N)cc5)c4)c(=O)n32)c1. The van der Waals surface area contributed by atoms with Crippen LogP contribution in [0.25, 0.3) is 6.08 Å². The molecule has 0 bridgehead atoms. The second-order valence-electron chi connectivity index (χ2n) is 10.3. The van der Waals surface area contributed by atoms with Crippen molar-refractivity contribution in [2.45, 2.75) is 19.6 Å². The fourth-order valence-electron chi connectivity index (χ4n) is 5.15. The summed E-state index contributed by atoms with van der Waals surface area (Å²) in [5.41, 5.74) is 4.34. The number of amides is 1. The topological polar surface area (TPSA) is 106 Å². The number of carbonyl (C=O) groups is 1. The van der Waals surface area contributed by atoms with E-state index in [1.807, 2.05) is 97.1 Å². The number of ether oxygens (including phenoxy) is 2. The van der Waals surface area contributed by atoms with Crippen molar-refractivity contribution in [2.24, 2.45) is 4.99 Å². The van der Waals surface area contributed by atoms with E-state index in [1.165, 1.54) is 11.3 Å². The zero-order valence-electron chi connectivity index (χ0n) is 24.6. The number of aromatic nitrogens is 1. The van der Waals surface area contributed by atoms with E-state index in [2.05, 4.69) is 11.4 Å². The Kier molecular flexibility index (Phi) is 8.40. The minimum atomic E-state index is -0.718. The molecule has 0 saturated heterocycles. The first-order chi connectivity index (χ1) is 21.9. The molecular formula is C36H28N4O4S. The van der Waals surface area contributed by atoms with Gasteiger partial charge in [-0.3, -0.25) is 14.2 Å². The number of benzene rings is 4. The molecule has 2 heterocycles. The molecule has 9 heteroatoms. The molecule has 0 saturated carbocycles. The van der Waals surface area contributed by atoms with Gasteiger partial charge in [0.1, 0.15) is 18.1 Å². The van der Waals surface area contributed by atoms with Gasteiger partial charge in [0.15, 0.2) is 4.80 Å². The molecule has 0 spiro atoms.